The maximum Gasteiger partial charge on any atom is 0.0290 e. The number of hydrogen-bond donors (Lipinski definition) is 2. The summed E-state index contributed by atoms with van der Waals surface area (Å²) in [5.41, 5.74) is 6.97. The van der Waals surface area contributed by atoms with Gasteiger partial charge in [0.1, 0.15) is 0 Å². The summed E-state index contributed by atoms with van der Waals surface area (Å²) in [5.74, 6) is 0.767. The van der Waals surface area contributed by atoms with E-state index < -0.39 is 0 Å². The average molecular weight is 243 g/mol. The number of unbranched alkanes of at least 4 members (excludes halogenated alkanes) is 3. The van der Waals surface area contributed by atoms with E-state index in [2.05, 4.69) is 43.7 Å². The lowest BCUT2D eigenvalue weighted by Gasteiger charge is -2.25. The fraction of sp³-hybridized carbons (Fsp3) is 1.00. The third-order valence-electron chi connectivity index (χ3n) is 2.85. The lowest BCUT2D eigenvalue weighted by Crippen LogP contribution is -2.49. The van der Waals surface area contributed by atoms with Crippen molar-refractivity contribution in [2.45, 2.75) is 66.2 Å². The van der Waals surface area contributed by atoms with Gasteiger partial charge in [-0.25, -0.2) is 10.9 Å². The molecule has 0 fully saturated rings. The van der Waals surface area contributed by atoms with E-state index in [1.165, 1.54) is 38.5 Å². The molecule has 3 nitrogen and oxygen atoms in total. The molecule has 104 valence electrons. The minimum absolute atomic E-state index is 0.767. The van der Waals surface area contributed by atoms with Crippen LogP contribution in [0.3, 0.4) is 0 Å². The van der Waals surface area contributed by atoms with Gasteiger partial charge in [0.25, 0.3) is 0 Å². The number of hydrogen-bond acceptors (Lipinski definition) is 3. The van der Waals surface area contributed by atoms with Crippen molar-refractivity contribution >= 4 is 0 Å². The third-order valence-corrected chi connectivity index (χ3v) is 2.85. The van der Waals surface area contributed by atoms with Gasteiger partial charge in [0.15, 0.2) is 0 Å². The van der Waals surface area contributed by atoms with Gasteiger partial charge in [-0.2, -0.15) is 5.12 Å². The Morgan fingerprint density at radius 2 is 1.47 bits per heavy atom. The Hall–Kier alpha value is -0.120. The van der Waals surface area contributed by atoms with Gasteiger partial charge in [0.2, 0.25) is 0 Å². The predicted octanol–water partition coefficient (Wildman–Crippen LogP) is 3.33. The van der Waals surface area contributed by atoms with E-state index in [1.54, 1.807) is 0 Å². The van der Waals surface area contributed by atoms with Crippen LogP contribution in [-0.2, 0) is 0 Å². The molecule has 0 bridgehead atoms. The molecule has 17 heavy (non-hydrogen) atoms. The van der Waals surface area contributed by atoms with Crippen molar-refractivity contribution in [2.75, 3.05) is 19.6 Å². The highest BCUT2D eigenvalue weighted by Crippen LogP contribution is 2.00. The molecule has 0 rings (SSSR count). The SMILES string of the molecule is CCCCCNN(CCC(C)C)NCCCC. The van der Waals surface area contributed by atoms with Gasteiger partial charge in [-0.15, -0.1) is 0 Å². The van der Waals surface area contributed by atoms with Crippen LogP contribution in [0.4, 0.5) is 0 Å². The molecular weight excluding hydrogens is 210 g/mol. The van der Waals surface area contributed by atoms with Crippen LogP contribution in [0.5, 0.6) is 0 Å². The minimum Gasteiger partial charge on any atom is -0.242 e. The maximum absolute atomic E-state index is 3.49. The smallest absolute Gasteiger partial charge is 0.0290 e. The Labute approximate surface area is 108 Å². The van der Waals surface area contributed by atoms with E-state index in [4.69, 9.17) is 0 Å². The van der Waals surface area contributed by atoms with Gasteiger partial charge in [-0.3, -0.25) is 0 Å². The molecule has 0 aliphatic rings. The van der Waals surface area contributed by atoms with E-state index in [1.807, 2.05) is 0 Å². The van der Waals surface area contributed by atoms with E-state index in [0.29, 0.717) is 0 Å². The second-order valence-corrected chi connectivity index (χ2v) is 5.21. The molecule has 0 aromatic heterocycles. The quantitative estimate of drug-likeness (QED) is 0.407. The maximum atomic E-state index is 3.49. The summed E-state index contributed by atoms with van der Waals surface area (Å²) in [6.45, 7) is 12.3. The Morgan fingerprint density at radius 1 is 0.882 bits per heavy atom. The van der Waals surface area contributed by atoms with Crippen LogP contribution < -0.4 is 10.9 Å². The van der Waals surface area contributed by atoms with Crippen LogP contribution in [0.1, 0.15) is 66.2 Å². The molecule has 0 aliphatic carbocycles. The molecule has 0 amide bonds. The first-order valence-electron chi connectivity index (χ1n) is 7.45. The summed E-state index contributed by atoms with van der Waals surface area (Å²) < 4.78 is 0. The van der Waals surface area contributed by atoms with Crippen molar-refractivity contribution in [3.63, 3.8) is 0 Å². The van der Waals surface area contributed by atoms with Crippen LogP contribution in [-0.4, -0.2) is 24.8 Å². The monoisotopic (exact) mass is 243 g/mol. The van der Waals surface area contributed by atoms with Crippen LogP contribution in [0.2, 0.25) is 0 Å². The Kier molecular flexibility index (Phi) is 12.3. The molecule has 0 aromatic rings. The predicted molar refractivity (Wildman–Crippen MR) is 76.6 cm³/mol. The summed E-state index contributed by atoms with van der Waals surface area (Å²) in [6.07, 6.45) is 7.61. The molecule has 3 heteroatoms. The van der Waals surface area contributed by atoms with Crippen LogP contribution >= 0.6 is 0 Å². The standard InChI is InChI=1S/C14H33N3/c1-5-7-9-12-16-17(13-10-14(3)4)15-11-8-6-2/h14-16H,5-13H2,1-4H3. The molecule has 0 aromatic carbocycles. The fourth-order valence-corrected chi connectivity index (χ4v) is 1.58. The highest BCUT2D eigenvalue weighted by Gasteiger charge is 2.04. The van der Waals surface area contributed by atoms with Gasteiger partial charge in [-0.1, -0.05) is 47.0 Å². The summed E-state index contributed by atoms with van der Waals surface area (Å²) in [6, 6.07) is 0. The molecule has 0 radical (unpaired) electrons. The summed E-state index contributed by atoms with van der Waals surface area (Å²) in [7, 11) is 0. The molecule has 0 saturated heterocycles. The number of nitrogens with one attached hydrogen (secondary N) is 2. The average Bonchev–Trinajstić information content (AvgIpc) is 2.30. The Morgan fingerprint density at radius 3 is 2.00 bits per heavy atom. The number of nitrogens with zero attached hydrogens (tertiary/aromatic N) is 1. The molecular formula is C14H33N3. The largest absolute Gasteiger partial charge is 0.242 e. The second-order valence-electron chi connectivity index (χ2n) is 5.21. The van der Waals surface area contributed by atoms with E-state index in [-0.39, 0.29) is 0 Å². The highest BCUT2D eigenvalue weighted by molar-refractivity contribution is 4.53. The lowest BCUT2D eigenvalue weighted by atomic mass is 10.1. The Balaban J connectivity index is 3.67. The van der Waals surface area contributed by atoms with Crippen molar-refractivity contribution in [1.82, 2.24) is 16.0 Å². The fourth-order valence-electron chi connectivity index (χ4n) is 1.58. The van der Waals surface area contributed by atoms with Crippen molar-refractivity contribution in [1.29, 1.82) is 0 Å². The lowest BCUT2D eigenvalue weighted by molar-refractivity contribution is 0.105. The van der Waals surface area contributed by atoms with E-state index in [0.717, 1.165) is 25.6 Å². The number of rotatable bonds is 12. The summed E-state index contributed by atoms with van der Waals surface area (Å²) in [4.78, 5) is 0. The van der Waals surface area contributed by atoms with Gasteiger partial charge in [0.05, 0.1) is 0 Å². The summed E-state index contributed by atoms with van der Waals surface area (Å²) >= 11 is 0. The zero-order chi connectivity index (χ0) is 12.9. The zero-order valence-electron chi connectivity index (χ0n) is 12.4. The molecule has 0 spiro atoms. The molecule has 0 unspecified atom stereocenters. The van der Waals surface area contributed by atoms with E-state index >= 15 is 0 Å². The topological polar surface area (TPSA) is 27.3 Å². The minimum atomic E-state index is 0.767. The number of hydrazine groups is 2. The van der Waals surface area contributed by atoms with Gasteiger partial charge < -0.3 is 0 Å². The highest BCUT2D eigenvalue weighted by atomic mass is 15.7. The van der Waals surface area contributed by atoms with Gasteiger partial charge in [0, 0.05) is 19.6 Å². The molecule has 2 N–H and O–H groups in total. The van der Waals surface area contributed by atoms with Crippen LogP contribution in [0.15, 0.2) is 0 Å². The summed E-state index contributed by atoms with van der Waals surface area (Å²) in [5, 5.41) is 2.20. The van der Waals surface area contributed by atoms with Crippen LogP contribution in [0, 0.1) is 5.92 Å². The molecule has 0 saturated carbocycles. The molecule has 0 heterocycles. The van der Waals surface area contributed by atoms with Crippen molar-refractivity contribution in [3.8, 4) is 0 Å². The molecule has 0 aliphatic heterocycles. The van der Waals surface area contributed by atoms with Gasteiger partial charge in [-0.05, 0) is 25.2 Å². The van der Waals surface area contributed by atoms with Crippen molar-refractivity contribution < 1.29 is 0 Å². The zero-order valence-corrected chi connectivity index (χ0v) is 12.4. The van der Waals surface area contributed by atoms with Crippen molar-refractivity contribution in [2.24, 2.45) is 5.92 Å². The first kappa shape index (κ1) is 16.9. The second kappa shape index (κ2) is 12.3. The first-order chi connectivity index (χ1) is 8.20. The Bertz CT molecular complexity index is 148. The van der Waals surface area contributed by atoms with Crippen molar-refractivity contribution in [3.05, 3.63) is 0 Å². The normalized spacial score (nSPS) is 11.6. The first-order valence-corrected chi connectivity index (χ1v) is 7.45. The van der Waals surface area contributed by atoms with Gasteiger partial charge >= 0.3 is 0 Å². The molecule has 0 atom stereocenters. The van der Waals surface area contributed by atoms with E-state index in [9.17, 15) is 0 Å². The van der Waals surface area contributed by atoms with Crippen LogP contribution in [0.25, 0.3) is 0 Å². The third kappa shape index (κ3) is 12.1.